The Bertz CT molecular complexity index is 452. The summed E-state index contributed by atoms with van der Waals surface area (Å²) in [7, 11) is 1.58. The molecular weight excluding hydrogens is 280 g/mol. The quantitative estimate of drug-likeness (QED) is 0.753. The summed E-state index contributed by atoms with van der Waals surface area (Å²) >= 11 is 5.97. The van der Waals surface area contributed by atoms with E-state index in [-0.39, 0.29) is 12.6 Å². The molecule has 0 bridgehead atoms. The van der Waals surface area contributed by atoms with Gasteiger partial charge >= 0.3 is 6.03 Å². The van der Waals surface area contributed by atoms with Gasteiger partial charge in [-0.3, -0.25) is 0 Å². The molecule has 20 heavy (non-hydrogen) atoms. The van der Waals surface area contributed by atoms with Crippen LogP contribution in [0, 0.1) is 0 Å². The third-order valence-corrected chi connectivity index (χ3v) is 3.29. The van der Waals surface area contributed by atoms with Crippen molar-refractivity contribution in [3.8, 4) is 0 Å². The van der Waals surface area contributed by atoms with Crippen LogP contribution in [-0.4, -0.2) is 36.9 Å². The number of ether oxygens (including phenoxy) is 1. The van der Waals surface area contributed by atoms with E-state index in [0.29, 0.717) is 17.1 Å². The largest absolute Gasteiger partial charge is 0.387 e. The Kier molecular flexibility index (Phi) is 6.26. The Morgan fingerprint density at radius 3 is 2.65 bits per heavy atom. The van der Waals surface area contributed by atoms with Gasteiger partial charge in [0.25, 0.3) is 0 Å². The summed E-state index contributed by atoms with van der Waals surface area (Å²) in [5.41, 5.74) is 0.158. The van der Waals surface area contributed by atoms with Gasteiger partial charge < -0.3 is 20.5 Å². The number of urea groups is 1. The molecule has 0 radical (unpaired) electrons. The monoisotopic (exact) mass is 300 g/mol. The summed E-state index contributed by atoms with van der Waals surface area (Å²) in [5.74, 6) is 0. The van der Waals surface area contributed by atoms with Crippen molar-refractivity contribution in [2.24, 2.45) is 0 Å². The number of carbonyl (C=O) groups is 1. The topological polar surface area (TPSA) is 70.6 Å². The molecule has 0 fully saturated rings. The lowest BCUT2D eigenvalue weighted by Gasteiger charge is -2.23. The molecule has 0 saturated carbocycles. The van der Waals surface area contributed by atoms with E-state index in [1.807, 2.05) is 13.8 Å². The summed E-state index contributed by atoms with van der Waals surface area (Å²) in [6.45, 7) is 4.19. The molecule has 6 heteroatoms. The van der Waals surface area contributed by atoms with Crippen molar-refractivity contribution in [2.45, 2.75) is 25.6 Å². The molecular formula is C14H21ClN2O3. The number of carbonyl (C=O) groups excluding carboxylic acids is 1. The molecule has 0 saturated heterocycles. The molecule has 3 N–H and O–H groups in total. The predicted molar refractivity (Wildman–Crippen MR) is 78.9 cm³/mol. The average Bonchev–Trinajstić information content (AvgIpc) is 2.43. The van der Waals surface area contributed by atoms with Crippen LogP contribution < -0.4 is 10.6 Å². The van der Waals surface area contributed by atoms with Crippen molar-refractivity contribution in [2.75, 3.05) is 20.2 Å². The molecule has 5 nitrogen and oxygen atoms in total. The minimum absolute atomic E-state index is 0.0863. The number of methoxy groups -OCH3 is 1. The van der Waals surface area contributed by atoms with Crippen molar-refractivity contribution in [3.05, 3.63) is 34.9 Å². The number of hydrogen-bond donors (Lipinski definition) is 3. The first-order valence-corrected chi connectivity index (χ1v) is 6.73. The van der Waals surface area contributed by atoms with E-state index in [0.717, 1.165) is 0 Å². The van der Waals surface area contributed by atoms with Crippen LogP contribution in [0.25, 0.3) is 0 Å². The van der Waals surface area contributed by atoms with E-state index in [4.69, 9.17) is 16.3 Å². The molecule has 1 atom stereocenters. The van der Waals surface area contributed by atoms with Gasteiger partial charge in [-0.05, 0) is 19.9 Å². The van der Waals surface area contributed by atoms with E-state index in [1.165, 1.54) is 0 Å². The van der Waals surface area contributed by atoms with Crippen LogP contribution in [0.4, 0.5) is 4.79 Å². The molecule has 0 heterocycles. The maximum atomic E-state index is 11.6. The number of aliphatic hydroxyl groups excluding tert-OH is 1. The molecule has 0 aliphatic rings. The highest BCUT2D eigenvalue weighted by atomic mass is 35.5. The van der Waals surface area contributed by atoms with Crippen molar-refractivity contribution in [1.29, 1.82) is 0 Å². The van der Waals surface area contributed by atoms with Gasteiger partial charge in [0.1, 0.15) is 0 Å². The second kappa shape index (κ2) is 7.47. The number of rotatable bonds is 6. The van der Waals surface area contributed by atoms with Crippen LogP contribution in [0.5, 0.6) is 0 Å². The van der Waals surface area contributed by atoms with Crippen molar-refractivity contribution >= 4 is 17.6 Å². The van der Waals surface area contributed by atoms with Crippen LogP contribution in [0.15, 0.2) is 24.3 Å². The fourth-order valence-electron chi connectivity index (χ4n) is 1.47. The molecule has 2 amide bonds. The van der Waals surface area contributed by atoms with E-state index in [9.17, 15) is 9.90 Å². The molecule has 112 valence electrons. The number of halogens is 1. The molecule has 0 spiro atoms. The zero-order chi connectivity index (χ0) is 15.2. The van der Waals surface area contributed by atoms with Crippen molar-refractivity contribution in [3.63, 3.8) is 0 Å². The minimum Gasteiger partial charge on any atom is -0.387 e. The summed E-state index contributed by atoms with van der Waals surface area (Å²) in [5, 5.41) is 15.7. The van der Waals surface area contributed by atoms with Gasteiger partial charge in [0.15, 0.2) is 0 Å². The molecule has 0 aliphatic carbocycles. The van der Waals surface area contributed by atoms with Gasteiger partial charge in [0, 0.05) is 30.8 Å². The van der Waals surface area contributed by atoms with Gasteiger partial charge in [-0.1, -0.05) is 29.8 Å². The zero-order valence-corrected chi connectivity index (χ0v) is 12.7. The molecule has 1 rings (SSSR count). The normalized spacial score (nSPS) is 12.8. The number of benzene rings is 1. The van der Waals surface area contributed by atoms with Crippen molar-refractivity contribution < 1.29 is 14.6 Å². The number of amides is 2. The summed E-state index contributed by atoms with van der Waals surface area (Å²) in [6, 6.07) is 6.63. The third kappa shape index (κ3) is 5.36. The molecule has 1 unspecified atom stereocenters. The standard InChI is InChI=1S/C14H21ClN2O3/c1-14(2,20-3)9-17-13(19)16-8-12(18)10-6-4-5-7-11(10)15/h4-7,12,18H,8-9H2,1-3H3,(H2,16,17,19). The Hall–Kier alpha value is -1.30. The van der Waals surface area contributed by atoms with Gasteiger partial charge in [0.05, 0.1) is 11.7 Å². The second-order valence-electron chi connectivity index (χ2n) is 5.06. The van der Waals surface area contributed by atoms with Gasteiger partial charge in [-0.25, -0.2) is 4.79 Å². The fraction of sp³-hybridized carbons (Fsp3) is 0.500. The second-order valence-corrected chi connectivity index (χ2v) is 5.47. The molecule has 0 aromatic heterocycles. The van der Waals surface area contributed by atoms with Crippen LogP contribution in [0.1, 0.15) is 25.5 Å². The molecule has 0 aliphatic heterocycles. The third-order valence-electron chi connectivity index (χ3n) is 2.95. The first-order chi connectivity index (χ1) is 9.35. The van der Waals surface area contributed by atoms with E-state index < -0.39 is 11.7 Å². The van der Waals surface area contributed by atoms with E-state index in [1.54, 1.807) is 31.4 Å². The van der Waals surface area contributed by atoms with Crippen LogP contribution >= 0.6 is 11.6 Å². The van der Waals surface area contributed by atoms with Crippen LogP contribution in [-0.2, 0) is 4.74 Å². The maximum Gasteiger partial charge on any atom is 0.314 e. The highest BCUT2D eigenvalue weighted by molar-refractivity contribution is 6.31. The number of nitrogens with one attached hydrogen (secondary N) is 2. The molecule has 1 aromatic carbocycles. The zero-order valence-electron chi connectivity index (χ0n) is 11.9. The summed E-state index contributed by atoms with van der Waals surface area (Å²) < 4.78 is 5.19. The predicted octanol–water partition coefficient (Wildman–Crippen LogP) is 2.10. The molecule has 1 aromatic rings. The minimum atomic E-state index is -0.843. The van der Waals surface area contributed by atoms with E-state index >= 15 is 0 Å². The Morgan fingerprint density at radius 2 is 2.05 bits per heavy atom. The highest BCUT2D eigenvalue weighted by Gasteiger charge is 2.18. The van der Waals surface area contributed by atoms with E-state index in [2.05, 4.69) is 10.6 Å². The van der Waals surface area contributed by atoms with Gasteiger partial charge in [0.2, 0.25) is 0 Å². The maximum absolute atomic E-state index is 11.6. The van der Waals surface area contributed by atoms with Gasteiger partial charge in [-0.2, -0.15) is 0 Å². The lowest BCUT2D eigenvalue weighted by molar-refractivity contribution is 0.0253. The van der Waals surface area contributed by atoms with Crippen molar-refractivity contribution in [1.82, 2.24) is 10.6 Å². The summed E-state index contributed by atoms with van der Waals surface area (Å²) in [4.78, 5) is 11.6. The summed E-state index contributed by atoms with van der Waals surface area (Å²) in [6.07, 6.45) is -0.843. The smallest absolute Gasteiger partial charge is 0.314 e. The first-order valence-electron chi connectivity index (χ1n) is 6.35. The lowest BCUT2D eigenvalue weighted by Crippen LogP contribution is -2.45. The van der Waals surface area contributed by atoms with Crippen LogP contribution in [0.2, 0.25) is 5.02 Å². The highest BCUT2D eigenvalue weighted by Crippen LogP contribution is 2.21. The Morgan fingerprint density at radius 1 is 1.40 bits per heavy atom. The Labute approximate surface area is 124 Å². The first kappa shape index (κ1) is 16.8. The van der Waals surface area contributed by atoms with Gasteiger partial charge in [-0.15, -0.1) is 0 Å². The lowest BCUT2D eigenvalue weighted by atomic mass is 10.1. The van der Waals surface area contributed by atoms with Crippen LogP contribution in [0.3, 0.4) is 0 Å². The average molecular weight is 301 g/mol. The number of aliphatic hydroxyl groups is 1. The Balaban J connectivity index is 2.40. The SMILES string of the molecule is COC(C)(C)CNC(=O)NCC(O)c1ccccc1Cl. The number of hydrogen-bond acceptors (Lipinski definition) is 3. The fourth-order valence-corrected chi connectivity index (χ4v) is 1.73.